The second-order valence-electron chi connectivity index (χ2n) is 2.77. The van der Waals surface area contributed by atoms with Crippen LogP contribution in [0.15, 0.2) is 0 Å². The SMILES string of the molecule is NC1SC(=O)N2CCCCN12. The first-order chi connectivity index (χ1) is 5.29. The molecule has 1 unspecified atom stereocenters. The Labute approximate surface area is 69.7 Å². The second kappa shape index (κ2) is 2.66. The maximum absolute atomic E-state index is 11.2. The first-order valence-electron chi connectivity index (χ1n) is 3.79. The standard InChI is InChI=1S/C6H11N3OS/c7-5-8-3-1-2-4-9(8)6(10)11-5/h5H,1-4,7H2. The third-order valence-electron chi connectivity index (χ3n) is 2.04. The molecular formula is C6H11N3OS. The fraction of sp³-hybridized carbons (Fsp3) is 0.833. The van der Waals surface area contributed by atoms with E-state index in [0.717, 1.165) is 25.9 Å². The summed E-state index contributed by atoms with van der Waals surface area (Å²) < 4.78 is 0. The van der Waals surface area contributed by atoms with Crippen LogP contribution in [0.1, 0.15) is 12.8 Å². The van der Waals surface area contributed by atoms with E-state index >= 15 is 0 Å². The van der Waals surface area contributed by atoms with E-state index in [9.17, 15) is 4.79 Å². The molecule has 0 saturated carbocycles. The van der Waals surface area contributed by atoms with Gasteiger partial charge in [-0.2, -0.15) is 5.01 Å². The molecule has 0 bridgehead atoms. The summed E-state index contributed by atoms with van der Waals surface area (Å²) in [6.07, 6.45) is 2.26. The highest BCUT2D eigenvalue weighted by Crippen LogP contribution is 2.29. The molecule has 2 saturated heterocycles. The normalized spacial score (nSPS) is 32.6. The van der Waals surface area contributed by atoms with Crippen molar-refractivity contribution in [1.82, 2.24) is 10.0 Å². The van der Waals surface area contributed by atoms with E-state index in [0.29, 0.717) is 0 Å². The molecule has 2 rings (SSSR count). The number of nitrogens with two attached hydrogens (primary N) is 1. The minimum atomic E-state index is -0.136. The molecule has 1 atom stereocenters. The Hall–Kier alpha value is -0.260. The lowest BCUT2D eigenvalue weighted by molar-refractivity contribution is 0.00170. The summed E-state index contributed by atoms with van der Waals surface area (Å²) in [7, 11) is 0. The lowest BCUT2D eigenvalue weighted by Gasteiger charge is -2.33. The maximum atomic E-state index is 11.2. The van der Waals surface area contributed by atoms with Crippen molar-refractivity contribution < 1.29 is 4.79 Å². The summed E-state index contributed by atoms with van der Waals surface area (Å²) in [5.74, 6) is 0. The van der Waals surface area contributed by atoms with Gasteiger partial charge in [0.2, 0.25) is 0 Å². The largest absolute Gasteiger partial charge is 0.305 e. The fourth-order valence-electron chi connectivity index (χ4n) is 1.47. The Morgan fingerprint density at radius 2 is 2.18 bits per heavy atom. The summed E-state index contributed by atoms with van der Waals surface area (Å²) in [4.78, 5) is 11.2. The Morgan fingerprint density at radius 1 is 1.45 bits per heavy atom. The predicted octanol–water partition coefficient (Wildman–Crippen LogP) is 0.408. The van der Waals surface area contributed by atoms with Gasteiger partial charge in [0.15, 0.2) is 0 Å². The van der Waals surface area contributed by atoms with Crippen molar-refractivity contribution in [2.75, 3.05) is 13.1 Å². The maximum Gasteiger partial charge on any atom is 0.298 e. The van der Waals surface area contributed by atoms with E-state index in [4.69, 9.17) is 5.73 Å². The van der Waals surface area contributed by atoms with Crippen molar-refractivity contribution in [3.63, 3.8) is 0 Å². The molecule has 1 amide bonds. The third kappa shape index (κ3) is 1.13. The molecule has 2 fully saturated rings. The van der Waals surface area contributed by atoms with E-state index in [2.05, 4.69) is 0 Å². The minimum absolute atomic E-state index is 0.109. The monoisotopic (exact) mass is 173 g/mol. The molecule has 0 aromatic rings. The molecule has 0 aliphatic carbocycles. The Kier molecular flexibility index (Phi) is 1.78. The molecule has 2 aliphatic rings. The van der Waals surface area contributed by atoms with Crippen LogP contribution in [0.5, 0.6) is 0 Å². The van der Waals surface area contributed by atoms with Crippen molar-refractivity contribution in [1.29, 1.82) is 0 Å². The molecule has 2 N–H and O–H groups in total. The van der Waals surface area contributed by atoms with Crippen LogP contribution in [-0.2, 0) is 0 Å². The Morgan fingerprint density at radius 3 is 2.91 bits per heavy atom. The number of fused-ring (bicyclic) bond motifs is 1. The molecule has 0 aromatic carbocycles. The minimum Gasteiger partial charge on any atom is -0.305 e. The number of thioether (sulfide) groups is 1. The van der Waals surface area contributed by atoms with Gasteiger partial charge in [-0.15, -0.1) is 0 Å². The number of carbonyl (C=O) groups excluding carboxylic acids is 1. The van der Waals surface area contributed by atoms with Crippen LogP contribution in [0, 0.1) is 0 Å². The highest BCUT2D eigenvalue weighted by Gasteiger charge is 2.37. The van der Waals surface area contributed by atoms with E-state index in [-0.39, 0.29) is 10.7 Å². The van der Waals surface area contributed by atoms with Crippen molar-refractivity contribution in [3.8, 4) is 0 Å². The summed E-state index contributed by atoms with van der Waals surface area (Å²) in [5, 5.41) is 3.83. The van der Waals surface area contributed by atoms with Crippen molar-refractivity contribution in [2.24, 2.45) is 5.73 Å². The number of hydrazine groups is 1. The van der Waals surface area contributed by atoms with Crippen LogP contribution in [0.4, 0.5) is 4.79 Å². The Balaban J connectivity index is 2.13. The van der Waals surface area contributed by atoms with Crippen LogP contribution in [0.25, 0.3) is 0 Å². The molecule has 0 aromatic heterocycles. The van der Waals surface area contributed by atoms with Crippen LogP contribution < -0.4 is 5.73 Å². The first-order valence-corrected chi connectivity index (χ1v) is 4.67. The predicted molar refractivity (Wildman–Crippen MR) is 43.6 cm³/mol. The highest BCUT2D eigenvalue weighted by molar-refractivity contribution is 8.14. The molecule has 62 valence electrons. The van der Waals surface area contributed by atoms with Gasteiger partial charge in [0.25, 0.3) is 5.24 Å². The third-order valence-corrected chi connectivity index (χ3v) is 2.94. The van der Waals surface area contributed by atoms with Gasteiger partial charge in [0, 0.05) is 13.1 Å². The van der Waals surface area contributed by atoms with Crippen LogP contribution >= 0.6 is 11.8 Å². The van der Waals surface area contributed by atoms with E-state index in [1.165, 1.54) is 11.8 Å². The average molecular weight is 173 g/mol. The molecular weight excluding hydrogens is 162 g/mol. The van der Waals surface area contributed by atoms with Crippen LogP contribution in [-0.4, -0.2) is 33.8 Å². The first kappa shape index (κ1) is 7.39. The average Bonchev–Trinajstić information content (AvgIpc) is 2.30. The molecule has 2 aliphatic heterocycles. The molecule has 5 heteroatoms. The fourth-order valence-corrected chi connectivity index (χ4v) is 2.34. The van der Waals surface area contributed by atoms with Gasteiger partial charge in [0.1, 0.15) is 5.50 Å². The lowest BCUT2D eigenvalue weighted by atomic mass is 10.2. The van der Waals surface area contributed by atoms with Gasteiger partial charge in [-0.1, -0.05) is 0 Å². The smallest absolute Gasteiger partial charge is 0.298 e. The Bertz CT molecular complexity index is 187. The van der Waals surface area contributed by atoms with Crippen molar-refractivity contribution >= 4 is 17.0 Å². The summed E-state index contributed by atoms with van der Waals surface area (Å²) >= 11 is 1.22. The van der Waals surface area contributed by atoms with Crippen LogP contribution in [0.3, 0.4) is 0 Å². The summed E-state index contributed by atoms with van der Waals surface area (Å²) in [6, 6.07) is 0. The molecule has 4 nitrogen and oxygen atoms in total. The molecule has 11 heavy (non-hydrogen) atoms. The zero-order chi connectivity index (χ0) is 7.84. The number of nitrogens with zero attached hydrogens (tertiary/aromatic N) is 2. The second-order valence-corrected chi connectivity index (χ2v) is 3.84. The summed E-state index contributed by atoms with van der Waals surface area (Å²) in [6.45, 7) is 1.78. The summed E-state index contributed by atoms with van der Waals surface area (Å²) in [5.41, 5.74) is 5.57. The van der Waals surface area contributed by atoms with Crippen LogP contribution in [0.2, 0.25) is 0 Å². The molecule has 0 radical (unpaired) electrons. The molecule has 0 spiro atoms. The zero-order valence-corrected chi connectivity index (χ0v) is 7.01. The number of hydrogen-bond acceptors (Lipinski definition) is 4. The van der Waals surface area contributed by atoms with Gasteiger partial charge < -0.3 is 5.73 Å². The van der Waals surface area contributed by atoms with Crippen molar-refractivity contribution in [2.45, 2.75) is 18.3 Å². The van der Waals surface area contributed by atoms with Gasteiger partial charge in [-0.05, 0) is 24.6 Å². The van der Waals surface area contributed by atoms with Gasteiger partial charge >= 0.3 is 0 Å². The number of amides is 1. The lowest BCUT2D eigenvalue weighted by Crippen LogP contribution is -2.48. The number of carbonyl (C=O) groups is 1. The number of rotatable bonds is 0. The van der Waals surface area contributed by atoms with Gasteiger partial charge in [0.05, 0.1) is 0 Å². The molecule has 2 heterocycles. The quantitative estimate of drug-likeness (QED) is 0.576. The van der Waals surface area contributed by atoms with Gasteiger partial charge in [-0.25, -0.2) is 0 Å². The van der Waals surface area contributed by atoms with E-state index < -0.39 is 0 Å². The van der Waals surface area contributed by atoms with Gasteiger partial charge in [-0.3, -0.25) is 9.80 Å². The highest BCUT2D eigenvalue weighted by atomic mass is 32.2. The number of hydrogen-bond donors (Lipinski definition) is 1. The van der Waals surface area contributed by atoms with Crippen molar-refractivity contribution in [3.05, 3.63) is 0 Å². The topological polar surface area (TPSA) is 49.6 Å². The van der Waals surface area contributed by atoms with E-state index in [1.54, 1.807) is 5.01 Å². The van der Waals surface area contributed by atoms with E-state index in [1.807, 2.05) is 5.01 Å². The zero-order valence-electron chi connectivity index (χ0n) is 6.19.